The van der Waals surface area contributed by atoms with Crippen LogP contribution in [0.3, 0.4) is 0 Å². The van der Waals surface area contributed by atoms with Gasteiger partial charge in [-0.05, 0) is 65.2 Å². The molecule has 0 fully saturated rings. The lowest BCUT2D eigenvalue weighted by Crippen LogP contribution is -2.22. The van der Waals surface area contributed by atoms with E-state index in [2.05, 4.69) is 25.0 Å². The van der Waals surface area contributed by atoms with Crippen LogP contribution in [-0.4, -0.2) is 10.9 Å². The highest BCUT2D eigenvalue weighted by molar-refractivity contribution is 5.71. The van der Waals surface area contributed by atoms with Gasteiger partial charge in [0, 0.05) is 11.9 Å². The van der Waals surface area contributed by atoms with Crippen molar-refractivity contribution in [2.75, 3.05) is 0 Å². The minimum absolute atomic E-state index is 0.145. The van der Waals surface area contributed by atoms with E-state index in [1.54, 1.807) is 26.1 Å². The van der Waals surface area contributed by atoms with Crippen LogP contribution in [0.2, 0.25) is 0 Å². The molecule has 0 aromatic carbocycles. The van der Waals surface area contributed by atoms with Crippen LogP contribution in [0.5, 0.6) is 0 Å². The predicted molar refractivity (Wildman–Crippen MR) is 91.2 cm³/mol. The van der Waals surface area contributed by atoms with Crippen LogP contribution in [0.15, 0.2) is 39.3 Å². The summed E-state index contributed by atoms with van der Waals surface area (Å²) in [7, 11) is 0. The number of aromatic nitrogens is 1. The van der Waals surface area contributed by atoms with Gasteiger partial charge in [-0.25, -0.2) is 4.68 Å². The molecule has 0 spiro atoms. The van der Waals surface area contributed by atoms with Crippen LogP contribution in [-0.2, 0) is 0 Å². The van der Waals surface area contributed by atoms with Gasteiger partial charge < -0.3 is 0 Å². The van der Waals surface area contributed by atoms with Gasteiger partial charge in [-0.3, -0.25) is 4.79 Å². The van der Waals surface area contributed by atoms with Gasteiger partial charge in [-0.2, -0.15) is 10.4 Å². The summed E-state index contributed by atoms with van der Waals surface area (Å²) in [5, 5.41) is 13.2. The Balaban J connectivity index is 2.94. The van der Waals surface area contributed by atoms with Crippen LogP contribution in [0.1, 0.15) is 50.4 Å². The van der Waals surface area contributed by atoms with E-state index < -0.39 is 0 Å². The average molecular weight is 297 g/mol. The molecule has 1 rings (SSSR count). The van der Waals surface area contributed by atoms with Gasteiger partial charge in [0.05, 0.1) is 0 Å². The number of aryl methyl sites for hydroxylation is 2. The maximum atomic E-state index is 12.2. The Bertz CT molecular complexity index is 724. The highest BCUT2D eigenvalue weighted by Crippen LogP contribution is 2.07. The number of allylic oxidation sites excluding steroid dienone is 4. The molecule has 0 saturated heterocycles. The van der Waals surface area contributed by atoms with Crippen molar-refractivity contribution in [3.63, 3.8) is 0 Å². The number of hydrogen-bond donors (Lipinski definition) is 0. The van der Waals surface area contributed by atoms with Gasteiger partial charge in [-0.1, -0.05) is 17.2 Å². The number of rotatable bonds is 5. The zero-order chi connectivity index (χ0) is 16.7. The summed E-state index contributed by atoms with van der Waals surface area (Å²) in [6.07, 6.45) is 7.67. The maximum Gasteiger partial charge on any atom is 0.289 e. The van der Waals surface area contributed by atoms with Crippen molar-refractivity contribution in [1.29, 1.82) is 5.26 Å². The standard InChI is InChI=1S/C18H23N3O/c1-13(2)7-6-8-14(3)9-10-20-21-16(5)11-15(4)17(12-19)18(21)22/h7,9-11H,6,8H2,1-5H3/b14-9+,20-10+. The Labute approximate surface area is 132 Å². The second kappa shape index (κ2) is 8.14. The number of pyridine rings is 1. The largest absolute Gasteiger partial charge is 0.289 e. The first-order valence-electron chi connectivity index (χ1n) is 7.33. The third kappa shape index (κ3) is 4.85. The third-order valence-electron chi connectivity index (χ3n) is 3.30. The number of hydrogen-bond acceptors (Lipinski definition) is 3. The van der Waals surface area contributed by atoms with E-state index in [1.807, 2.05) is 19.1 Å². The summed E-state index contributed by atoms with van der Waals surface area (Å²) in [6.45, 7) is 9.77. The van der Waals surface area contributed by atoms with E-state index in [-0.39, 0.29) is 11.1 Å². The number of nitriles is 1. The van der Waals surface area contributed by atoms with Crippen molar-refractivity contribution in [2.24, 2.45) is 5.10 Å². The molecule has 0 amide bonds. The summed E-state index contributed by atoms with van der Waals surface area (Å²) in [5.74, 6) is 0. The van der Waals surface area contributed by atoms with E-state index in [9.17, 15) is 4.79 Å². The van der Waals surface area contributed by atoms with Crippen molar-refractivity contribution >= 4 is 6.21 Å². The molecule has 0 saturated carbocycles. The molecule has 0 N–H and O–H groups in total. The van der Waals surface area contributed by atoms with E-state index >= 15 is 0 Å². The third-order valence-corrected chi connectivity index (χ3v) is 3.30. The monoisotopic (exact) mass is 297 g/mol. The van der Waals surface area contributed by atoms with Crippen molar-refractivity contribution in [3.05, 3.63) is 56.5 Å². The molecule has 1 aromatic heterocycles. The lowest BCUT2D eigenvalue weighted by Gasteiger charge is -2.05. The quantitative estimate of drug-likeness (QED) is 0.612. The molecular formula is C18H23N3O. The maximum absolute atomic E-state index is 12.2. The highest BCUT2D eigenvalue weighted by Gasteiger charge is 2.08. The number of nitrogens with zero attached hydrogens (tertiary/aromatic N) is 3. The normalized spacial score (nSPS) is 11.5. The predicted octanol–water partition coefficient (Wildman–Crippen LogP) is 3.86. The van der Waals surface area contributed by atoms with Crippen LogP contribution in [0.4, 0.5) is 0 Å². The Morgan fingerprint density at radius 2 is 2.05 bits per heavy atom. The first-order chi connectivity index (χ1) is 10.4. The second-order valence-corrected chi connectivity index (χ2v) is 5.67. The molecule has 22 heavy (non-hydrogen) atoms. The molecule has 4 heteroatoms. The van der Waals surface area contributed by atoms with Crippen LogP contribution < -0.4 is 5.56 Å². The Morgan fingerprint density at radius 3 is 2.64 bits per heavy atom. The molecule has 0 aliphatic heterocycles. The van der Waals surface area contributed by atoms with Gasteiger partial charge in [0.25, 0.3) is 5.56 Å². The first kappa shape index (κ1) is 17.6. The van der Waals surface area contributed by atoms with E-state index in [4.69, 9.17) is 5.26 Å². The first-order valence-corrected chi connectivity index (χ1v) is 7.33. The van der Waals surface area contributed by atoms with Crippen LogP contribution >= 0.6 is 0 Å². The second-order valence-electron chi connectivity index (χ2n) is 5.67. The van der Waals surface area contributed by atoms with Crippen molar-refractivity contribution in [2.45, 2.75) is 47.5 Å². The molecule has 0 unspecified atom stereocenters. The smallest absolute Gasteiger partial charge is 0.266 e. The molecule has 0 bridgehead atoms. The van der Waals surface area contributed by atoms with Crippen molar-refractivity contribution in [1.82, 2.24) is 4.68 Å². The fourth-order valence-electron chi connectivity index (χ4n) is 2.06. The summed E-state index contributed by atoms with van der Waals surface area (Å²) >= 11 is 0. The minimum atomic E-state index is -0.369. The van der Waals surface area contributed by atoms with Gasteiger partial charge in [-0.15, -0.1) is 0 Å². The minimum Gasteiger partial charge on any atom is -0.266 e. The SMILES string of the molecule is CC(C)=CCC/C(C)=C/C=N/n1c(C)cc(C)c(C#N)c1=O. The molecule has 1 aromatic rings. The topological polar surface area (TPSA) is 58.1 Å². The zero-order valence-corrected chi connectivity index (χ0v) is 14.0. The summed E-state index contributed by atoms with van der Waals surface area (Å²) in [4.78, 5) is 12.2. The molecular weight excluding hydrogens is 274 g/mol. The Kier molecular flexibility index (Phi) is 6.52. The summed E-state index contributed by atoms with van der Waals surface area (Å²) in [6, 6.07) is 3.73. The molecule has 0 radical (unpaired) electrons. The molecule has 0 aliphatic carbocycles. The van der Waals surface area contributed by atoms with E-state index in [0.29, 0.717) is 11.3 Å². The van der Waals surface area contributed by atoms with E-state index in [1.165, 1.54) is 15.8 Å². The molecule has 0 atom stereocenters. The fraction of sp³-hybridized carbons (Fsp3) is 0.389. The zero-order valence-electron chi connectivity index (χ0n) is 14.0. The van der Waals surface area contributed by atoms with E-state index in [0.717, 1.165) is 12.8 Å². The molecule has 116 valence electrons. The highest BCUT2D eigenvalue weighted by atomic mass is 16.1. The average Bonchev–Trinajstić information content (AvgIpc) is 2.42. The Hall–Kier alpha value is -2.41. The molecule has 4 nitrogen and oxygen atoms in total. The van der Waals surface area contributed by atoms with Crippen molar-refractivity contribution < 1.29 is 0 Å². The van der Waals surface area contributed by atoms with Crippen LogP contribution in [0, 0.1) is 25.2 Å². The summed E-state index contributed by atoms with van der Waals surface area (Å²) in [5.41, 5.74) is 3.68. The van der Waals surface area contributed by atoms with Gasteiger partial charge in [0.2, 0.25) is 0 Å². The molecule has 0 aliphatic rings. The van der Waals surface area contributed by atoms with Gasteiger partial charge in [0.1, 0.15) is 11.6 Å². The fourth-order valence-corrected chi connectivity index (χ4v) is 2.06. The van der Waals surface area contributed by atoms with Gasteiger partial charge in [0.15, 0.2) is 0 Å². The molecule has 1 heterocycles. The van der Waals surface area contributed by atoms with Crippen molar-refractivity contribution in [3.8, 4) is 6.07 Å². The summed E-state index contributed by atoms with van der Waals surface area (Å²) < 4.78 is 1.27. The van der Waals surface area contributed by atoms with Gasteiger partial charge >= 0.3 is 0 Å². The lowest BCUT2D eigenvalue weighted by molar-refractivity contribution is 0.787. The van der Waals surface area contributed by atoms with Crippen LogP contribution in [0.25, 0.3) is 0 Å². The lowest BCUT2D eigenvalue weighted by atomic mass is 10.1. The Morgan fingerprint density at radius 1 is 1.36 bits per heavy atom.